The van der Waals surface area contributed by atoms with Crippen molar-refractivity contribution in [3.63, 3.8) is 0 Å². The zero-order chi connectivity index (χ0) is 13.0. The molecule has 0 unspecified atom stereocenters. The molecule has 3 heteroatoms. The molecule has 1 aliphatic rings. The van der Waals surface area contributed by atoms with Gasteiger partial charge in [0.15, 0.2) is 0 Å². The summed E-state index contributed by atoms with van der Waals surface area (Å²) in [6.45, 7) is 5.43. The molecule has 0 bridgehead atoms. The van der Waals surface area contributed by atoms with Crippen LogP contribution in [-0.2, 0) is 13.0 Å². The number of aromatic nitrogens is 2. The Bertz CT molecular complexity index is 364. The maximum absolute atomic E-state index is 10.7. The van der Waals surface area contributed by atoms with Crippen LogP contribution in [0.25, 0.3) is 0 Å². The highest BCUT2D eigenvalue weighted by molar-refractivity contribution is 5.00. The summed E-state index contributed by atoms with van der Waals surface area (Å²) in [4.78, 5) is 4.42. The molecule has 18 heavy (non-hydrogen) atoms. The fraction of sp³-hybridized carbons (Fsp3) is 0.800. The largest absolute Gasteiger partial charge is 0.389 e. The van der Waals surface area contributed by atoms with Crippen LogP contribution in [0, 0.1) is 5.92 Å². The van der Waals surface area contributed by atoms with Crippen LogP contribution in [0.15, 0.2) is 12.4 Å². The van der Waals surface area contributed by atoms with Gasteiger partial charge in [-0.3, -0.25) is 0 Å². The Morgan fingerprint density at radius 1 is 1.39 bits per heavy atom. The van der Waals surface area contributed by atoms with Gasteiger partial charge in [-0.1, -0.05) is 20.3 Å². The van der Waals surface area contributed by atoms with Crippen molar-refractivity contribution >= 4 is 0 Å². The Hall–Kier alpha value is -0.830. The van der Waals surface area contributed by atoms with Crippen molar-refractivity contribution < 1.29 is 5.11 Å². The van der Waals surface area contributed by atoms with Gasteiger partial charge < -0.3 is 9.67 Å². The Labute approximate surface area is 110 Å². The number of aliphatic hydroxyl groups is 1. The Morgan fingerprint density at radius 2 is 2.11 bits per heavy atom. The SMILES string of the molecule is CCCn1ccnc1CC1(O)CCC(CC)CC1. The smallest absolute Gasteiger partial charge is 0.111 e. The molecular formula is C15H26N2O. The van der Waals surface area contributed by atoms with Crippen LogP contribution < -0.4 is 0 Å². The number of hydrogen-bond acceptors (Lipinski definition) is 2. The second kappa shape index (κ2) is 5.87. The van der Waals surface area contributed by atoms with Gasteiger partial charge in [-0.25, -0.2) is 4.98 Å². The minimum Gasteiger partial charge on any atom is -0.389 e. The van der Waals surface area contributed by atoms with E-state index in [1.807, 2.05) is 12.4 Å². The summed E-state index contributed by atoms with van der Waals surface area (Å²) in [6, 6.07) is 0. The lowest BCUT2D eigenvalue weighted by Crippen LogP contribution is -2.37. The number of hydrogen-bond donors (Lipinski definition) is 1. The Kier molecular flexibility index (Phi) is 4.44. The number of rotatable bonds is 5. The lowest BCUT2D eigenvalue weighted by atomic mass is 9.76. The molecule has 2 rings (SSSR count). The van der Waals surface area contributed by atoms with Gasteiger partial charge in [0.25, 0.3) is 0 Å². The third-order valence-corrected chi connectivity index (χ3v) is 4.37. The highest BCUT2D eigenvalue weighted by Crippen LogP contribution is 2.35. The maximum Gasteiger partial charge on any atom is 0.111 e. The van der Waals surface area contributed by atoms with Gasteiger partial charge in [-0.15, -0.1) is 0 Å². The van der Waals surface area contributed by atoms with Crippen LogP contribution >= 0.6 is 0 Å². The summed E-state index contributed by atoms with van der Waals surface area (Å²) in [6.07, 6.45) is 11.2. The number of aryl methyl sites for hydroxylation is 1. The van der Waals surface area contributed by atoms with Crippen LogP contribution in [0.1, 0.15) is 58.2 Å². The van der Waals surface area contributed by atoms with E-state index in [-0.39, 0.29) is 0 Å². The lowest BCUT2D eigenvalue weighted by Gasteiger charge is -2.35. The van der Waals surface area contributed by atoms with Crippen molar-refractivity contribution in [1.29, 1.82) is 0 Å². The zero-order valence-electron chi connectivity index (χ0n) is 11.7. The molecule has 1 fully saturated rings. The second-order valence-electron chi connectivity index (χ2n) is 5.79. The van der Waals surface area contributed by atoms with Crippen molar-refractivity contribution in [3.05, 3.63) is 18.2 Å². The molecule has 3 nitrogen and oxygen atoms in total. The van der Waals surface area contributed by atoms with Crippen molar-refractivity contribution in [3.8, 4) is 0 Å². The molecule has 1 N–H and O–H groups in total. The van der Waals surface area contributed by atoms with Gasteiger partial charge in [0, 0.05) is 25.4 Å². The minimum atomic E-state index is -0.511. The van der Waals surface area contributed by atoms with Crippen LogP contribution in [0.4, 0.5) is 0 Å². The first-order chi connectivity index (χ1) is 8.67. The maximum atomic E-state index is 10.7. The second-order valence-corrected chi connectivity index (χ2v) is 5.79. The molecule has 0 saturated heterocycles. The highest BCUT2D eigenvalue weighted by atomic mass is 16.3. The molecule has 1 aromatic heterocycles. The van der Waals surface area contributed by atoms with E-state index in [9.17, 15) is 5.11 Å². The summed E-state index contributed by atoms with van der Waals surface area (Å²) < 4.78 is 2.18. The average Bonchev–Trinajstić information content (AvgIpc) is 2.78. The van der Waals surface area contributed by atoms with E-state index in [2.05, 4.69) is 23.4 Å². The monoisotopic (exact) mass is 250 g/mol. The average molecular weight is 250 g/mol. The van der Waals surface area contributed by atoms with Gasteiger partial charge in [0.2, 0.25) is 0 Å². The van der Waals surface area contributed by atoms with Crippen LogP contribution in [0.2, 0.25) is 0 Å². The van der Waals surface area contributed by atoms with E-state index < -0.39 is 5.60 Å². The predicted octanol–water partition coefficient (Wildman–Crippen LogP) is 3.17. The molecule has 1 saturated carbocycles. The molecule has 0 spiro atoms. The molecule has 1 aliphatic carbocycles. The van der Waals surface area contributed by atoms with Crippen molar-refractivity contribution in [2.24, 2.45) is 5.92 Å². The minimum absolute atomic E-state index is 0.511. The molecule has 0 aliphatic heterocycles. The third-order valence-electron chi connectivity index (χ3n) is 4.37. The molecular weight excluding hydrogens is 224 g/mol. The van der Waals surface area contributed by atoms with E-state index >= 15 is 0 Å². The van der Waals surface area contributed by atoms with E-state index in [4.69, 9.17) is 0 Å². The van der Waals surface area contributed by atoms with Crippen molar-refractivity contribution in [2.75, 3.05) is 0 Å². The van der Waals surface area contributed by atoms with Crippen molar-refractivity contribution in [1.82, 2.24) is 9.55 Å². The quantitative estimate of drug-likeness (QED) is 0.871. The fourth-order valence-electron chi connectivity index (χ4n) is 3.05. The predicted molar refractivity (Wildman–Crippen MR) is 73.4 cm³/mol. The first-order valence-electron chi connectivity index (χ1n) is 7.39. The van der Waals surface area contributed by atoms with Gasteiger partial charge in [0.05, 0.1) is 5.60 Å². The van der Waals surface area contributed by atoms with Crippen LogP contribution in [0.5, 0.6) is 0 Å². The summed E-state index contributed by atoms with van der Waals surface area (Å²) in [5, 5.41) is 10.7. The summed E-state index contributed by atoms with van der Waals surface area (Å²) >= 11 is 0. The van der Waals surface area contributed by atoms with Gasteiger partial charge in [0.1, 0.15) is 5.82 Å². The highest BCUT2D eigenvalue weighted by Gasteiger charge is 2.33. The molecule has 0 amide bonds. The van der Waals surface area contributed by atoms with Crippen molar-refractivity contribution in [2.45, 2.75) is 70.9 Å². The summed E-state index contributed by atoms with van der Waals surface area (Å²) in [5.41, 5.74) is -0.511. The van der Waals surface area contributed by atoms with Crippen LogP contribution in [-0.4, -0.2) is 20.3 Å². The van der Waals surface area contributed by atoms with Gasteiger partial charge in [-0.2, -0.15) is 0 Å². The fourth-order valence-corrected chi connectivity index (χ4v) is 3.05. The van der Waals surface area contributed by atoms with E-state index in [0.29, 0.717) is 0 Å². The van der Waals surface area contributed by atoms with Gasteiger partial charge >= 0.3 is 0 Å². The molecule has 1 aromatic rings. The lowest BCUT2D eigenvalue weighted by molar-refractivity contribution is -0.0114. The normalized spacial score (nSPS) is 28.5. The third kappa shape index (κ3) is 3.14. The topological polar surface area (TPSA) is 38.0 Å². The standard InChI is InChI=1S/C15H26N2O/c1-3-10-17-11-9-16-14(17)12-15(18)7-5-13(4-2)6-8-15/h9,11,13,18H,3-8,10,12H2,1-2H3. The van der Waals surface area contributed by atoms with Crippen LogP contribution in [0.3, 0.4) is 0 Å². The molecule has 0 radical (unpaired) electrons. The first kappa shape index (κ1) is 13.6. The van der Waals surface area contributed by atoms with E-state index in [1.165, 1.54) is 19.3 Å². The number of nitrogens with zero attached hydrogens (tertiary/aromatic N) is 2. The van der Waals surface area contributed by atoms with Gasteiger partial charge in [-0.05, 0) is 38.0 Å². The summed E-state index contributed by atoms with van der Waals surface area (Å²) in [7, 11) is 0. The Balaban J connectivity index is 1.98. The van der Waals surface area contributed by atoms with E-state index in [0.717, 1.165) is 44.0 Å². The molecule has 0 atom stereocenters. The molecule has 102 valence electrons. The first-order valence-corrected chi connectivity index (χ1v) is 7.39. The Morgan fingerprint density at radius 3 is 2.72 bits per heavy atom. The molecule has 0 aromatic carbocycles. The van der Waals surface area contributed by atoms with E-state index in [1.54, 1.807) is 0 Å². The molecule has 1 heterocycles. The summed E-state index contributed by atoms with van der Waals surface area (Å²) in [5.74, 6) is 1.87. The number of imidazole rings is 1. The zero-order valence-corrected chi connectivity index (χ0v) is 11.7.